The minimum absolute atomic E-state index is 0.201. The minimum Gasteiger partial charge on any atom is -0.481 e. The lowest BCUT2D eigenvalue weighted by Gasteiger charge is -2.13. The van der Waals surface area contributed by atoms with Crippen molar-refractivity contribution < 1.29 is 31.9 Å². The summed E-state index contributed by atoms with van der Waals surface area (Å²) < 4.78 is 62.1. The van der Waals surface area contributed by atoms with Crippen LogP contribution in [0.5, 0.6) is 0 Å². The van der Waals surface area contributed by atoms with Crippen LogP contribution in [0.15, 0.2) is 6.07 Å². The maximum absolute atomic E-state index is 12.6. The third-order valence-electron chi connectivity index (χ3n) is 1.93. The van der Waals surface area contributed by atoms with Crippen LogP contribution in [0.3, 0.4) is 0 Å². The molecule has 0 bridgehead atoms. The smallest absolute Gasteiger partial charge is 0.433 e. The highest BCUT2D eigenvalue weighted by Gasteiger charge is 2.35. The van der Waals surface area contributed by atoms with E-state index < -0.39 is 41.9 Å². The number of carboxylic acids is 1. The van der Waals surface area contributed by atoms with Gasteiger partial charge in [0.2, 0.25) is 0 Å². The van der Waals surface area contributed by atoms with Gasteiger partial charge in [-0.05, 0) is 28.7 Å². The number of nitrogens with zero attached hydrogens (tertiary/aromatic N) is 1. The number of carbonyl (C=O) groups is 1. The van der Waals surface area contributed by atoms with Crippen LogP contribution in [-0.2, 0) is 17.4 Å². The number of hydrogen-bond acceptors (Lipinski definition) is 2. The van der Waals surface area contributed by atoms with E-state index in [2.05, 4.69) is 4.98 Å². The van der Waals surface area contributed by atoms with Crippen molar-refractivity contribution in [2.45, 2.75) is 19.0 Å². The monoisotopic (exact) mass is 381 g/mol. The number of pyridine rings is 1. The number of rotatable bonds is 3. The Balaban J connectivity index is 3.40. The van der Waals surface area contributed by atoms with Crippen LogP contribution >= 0.6 is 22.6 Å². The van der Waals surface area contributed by atoms with E-state index in [1.165, 1.54) is 22.6 Å². The third-order valence-corrected chi connectivity index (χ3v) is 2.89. The first-order valence-electron chi connectivity index (χ1n) is 4.39. The molecule has 0 aliphatic rings. The Bertz CT molecular complexity index is 475. The minimum atomic E-state index is -4.86. The Hall–Kier alpha value is -1.00. The Morgan fingerprint density at radius 2 is 2.00 bits per heavy atom. The molecule has 0 aliphatic carbocycles. The molecule has 0 aliphatic heterocycles. The molecule has 3 nitrogen and oxygen atoms in total. The summed E-state index contributed by atoms with van der Waals surface area (Å²) in [6.07, 6.45) is -8.93. The molecule has 1 N–H and O–H groups in total. The van der Waals surface area contributed by atoms with Crippen LogP contribution in [0, 0.1) is 3.57 Å². The summed E-state index contributed by atoms with van der Waals surface area (Å²) in [7, 11) is 0. The van der Waals surface area contributed by atoms with E-state index in [4.69, 9.17) is 5.11 Å². The van der Waals surface area contributed by atoms with Crippen molar-refractivity contribution in [2.75, 3.05) is 0 Å². The summed E-state index contributed by atoms with van der Waals surface area (Å²) in [5.41, 5.74) is -3.00. The van der Waals surface area contributed by atoms with Gasteiger partial charge in [-0.25, -0.2) is 13.8 Å². The van der Waals surface area contributed by atoms with Gasteiger partial charge >= 0.3 is 12.1 Å². The topological polar surface area (TPSA) is 50.2 Å². The number of aliphatic carboxylic acids is 1. The molecular formula is C9H5F5INO2. The van der Waals surface area contributed by atoms with E-state index in [0.717, 1.165) is 0 Å². The van der Waals surface area contributed by atoms with E-state index in [1.807, 2.05) is 0 Å². The lowest BCUT2D eigenvalue weighted by Crippen LogP contribution is -2.15. The summed E-state index contributed by atoms with van der Waals surface area (Å²) in [6.45, 7) is 0. The Labute approximate surface area is 111 Å². The van der Waals surface area contributed by atoms with Gasteiger partial charge in [-0.15, -0.1) is 0 Å². The molecule has 0 fully saturated rings. The van der Waals surface area contributed by atoms with Gasteiger partial charge in [0.15, 0.2) is 0 Å². The molecule has 0 saturated heterocycles. The van der Waals surface area contributed by atoms with Gasteiger partial charge in [-0.1, -0.05) is 0 Å². The highest BCUT2D eigenvalue weighted by Crippen LogP contribution is 2.33. The molecule has 0 saturated carbocycles. The van der Waals surface area contributed by atoms with Crippen LogP contribution in [0.25, 0.3) is 0 Å². The van der Waals surface area contributed by atoms with Gasteiger partial charge in [-0.3, -0.25) is 4.79 Å². The second kappa shape index (κ2) is 5.33. The van der Waals surface area contributed by atoms with Crippen molar-refractivity contribution in [2.24, 2.45) is 0 Å². The maximum Gasteiger partial charge on any atom is 0.433 e. The average molecular weight is 381 g/mol. The van der Waals surface area contributed by atoms with E-state index in [-0.39, 0.29) is 3.57 Å². The van der Waals surface area contributed by atoms with Gasteiger partial charge in [0.25, 0.3) is 6.43 Å². The zero-order valence-corrected chi connectivity index (χ0v) is 10.6. The van der Waals surface area contributed by atoms with Crippen molar-refractivity contribution in [3.8, 4) is 0 Å². The van der Waals surface area contributed by atoms with Crippen LogP contribution in [0.4, 0.5) is 22.0 Å². The molecule has 9 heteroatoms. The van der Waals surface area contributed by atoms with Crippen molar-refractivity contribution >= 4 is 28.6 Å². The molecule has 0 aromatic carbocycles. The quantitative estimate of drug-likeness (QED) is 0.646. The van der Waals surface area contributed by atoms with Crippen LogP contribution in [-0.4, -0.2) is 16.1 Å². The van der Waals surface area contributed by atoms with E-state index in [0.29, 0.717) is 6.07 Å². The first-order chi connectivity index (χ1) is 8.12. The number of hydrogen-bond donors (Lipinski definition) is 1. The molecule has 0 amide bonds. The summed E-state index contributed by atoms with van der Waals surface area (Å²) in [6, 6.07) is 0.546. The SMILES string of the molecule is O=C(O)Cc1c(I)cc(C(F)(F)F)nc1C(F)F. The fourth-order valence-corrected chi connectivity index (χ4v) is 1.97. The summed E-state index contributed by atoms with van der Waals surface area (Å²) in [5.74, 6) is -1.42. The van der Waals surface area contributed by atoms with Crippen molar-refractivity contribution in [3.05, 3.63) is 26.6 Å². The first-order valence-corrected chi connectivity index (χ1v) is 5.47. The second-order valence-electron chi connectivity index (χ2n) is 3.22. The van der Waals surface area contributed by atoms with Crippen molar-refractivity contribution in [1.82, 2.24) is 4.98 Å². The Morgan fingerprint density at radius 3 is 2.39 bits per heavy atom. The van der Waals surface area contributed by atoms with Crippen molar-refractivity contribution in [1.29, 1.82) is 0 Å². The van der Waals surface area contributed by atoms with Gasteiger partial charge in [0, 0.05) is 9.13 Å². The number of alkyl halides is 5. The zero-order chi connectivity index (χ0) is 14.1. The highest BCUT2D eigenvalue weighted by molar-refractivity contribution is 14.1. The highest BCUT2D eigenvalue weighted by atomic mass is 127. The molecule has 1 aromatic heterocycles. The Morgan fingerprint density at radius 1 is 1.44 bits per heavy atom. The molecule has 100 valence electrons. The molecular weight excluding hydrogens is 376 g/mol. The Kier molecular flexibility index (Phi) is 4.46. The standard InChI is InChI=1S/C9H5F5INO2/c10-8(11)7-3(1-6(17)18)4(15)2-5(16-7)9(12,13)14/h2,8H,1H2,(H,17,18). The number of aromatic nitrogens is 1. The van der Waals surface area contributed by atoms with Gasteiger partial charge in [0.1, 0.15) is 11.4 Å². The lowest BCUT2D eigenvalue weighted by atomic mass is 10.1. The molecule has 0 spiro atoms. The predicted molar refractivity (Wildman–Crippen MR) is 58.3 cm³/mol. The van der Waals surface area contributed by atoms with Crippen molar-refractivity contribution in [3.63, 3.8) is 0 Å². The van der Waals surface area contributed by atoms with Crippen LogP contribution in [0.1, 0.15) is 23.4 Å². The normalized spacial score (nSPS) is 11.9. The molecule has 0 radical (unpaired) electrons. The zero-order valence-electron chi connectivity index (χ0n) is 8.43. The lowest BCUT2D eigenvalue weighted by molar-refractivity contribution is -0.141. The van der Waals surface area contributed by atoms with Gasteiger partial charge < -0.3 is 5.11 Å². The number of carboxylic acid groups (broad SMARTS) is 1. The summed E-state index contributed by atoms with van der Waals surface area (Å²) in [4.78, 5) is 13.3. The first kappa shape index (κ1) is 15.1. The maximum atomic E-state index is 12.6. The fraction of sp³-hybridized carbons (Fsp3) is 0.333. The predicted octanol–water partition coefficient (Wildman–Crippen LogP) is 3.27. The van der Waals surface area contributed by atoms with E-state index in [1.54, 1.807) is 0 Å². The molecule has 18 heavy (non-hydrogen) atoms. The largest absolute Gasteiger partial charge is 0.481 e. The molecule has 1 heterocycles. The average Bonchev–Trinajstić information content (AvgIpc) is 2.17. The number of halogens is 6. The molecule has 0 unspecified atom stereocenters. The van der Waals surface area contributed by atoms with Gasteiger partial charge in [-0.2, -0.15) is 13.2 Å². The van der Waals surface area contributed by atoms with Crippen LogP contribution in [0.2, 0.25) is 0 Å². The summed E-state index contributed by atoms with van der Waals surface area (Å²) in [5, 5.41) is 8.53. The summed E-state index contributed by atoms with van der Waals surface area (Å²) >= 11 is 1.38. The fourth-order valence-electron chi connectivity index (χ4n) is 1.21. The third kappa shape index (κ3) is 3.50. The second-order valence-corrected chi connectivity index (χ2v) is 4.38. The van der Waals surface area contributed by atoms with E-state index in [9.17, 15) is 26.7 Å². The molecule has 1 rings (SSSR count). The van der Waals surface area contributed by atoms with Gasteiger partial charge in [0.05, 0.1) is 6.42 Å². The molecule has 1 aromatic rings. The van der Waals surface area contributed by atoms with Crippen LogP contribution < -0.4 is 0 Å². The molecule has 0 atom stereocenters. The van der Waals surface area contributed by atoms with E-state index >= 15 is 0 Å².